The third kappa shape index (κ3) is 3.03. The molecule has 0 radical (unpaired) electrons. The lowest BCUT2D eigenvalue weighted by atomic mass is 10.2. The number of benzene rings is 1. The average Bonchev–Trinajstić information content (AvgIpc) is 2.32. The van der Waals surface area contributed by atoms with Crippen molar-refractivity contribution in [1.29, 1.82) is 0 Å². The van der Waals surface area contributed by atoms with Gasteiger partial charge in [0.1, 0.15) is 5.82 Å². The van der Waals surface area contributed by atoms with Gasteiger partial charge in [-0.15, -0.1) is 0 Å². The molecule has 1 atom stereocenters. The Balaban J connectivity index is 3.01. The van der Waals surface area contributed by atoms with Crippen molar-refractivity contribution in [2.45, 2.75) is 37.3 Å². The summed E-state index contributed by atoms with van der Waals surface area (Å²) in [5.41, 5.74) is 0.477. The van der Waals surface area contributed by atoms with E-state index in [-0.39, 0.29) is 11.5 Å². The molecule has 0 heterocycles. The minimum atomic E-state index is -1.66. The highest BCUT2D eigenvalue weighted by Gasteiger charge is 2.43. The first-order valence-corrected chi connectivity index (χ1v) is 6.81. The van der Waals surface area contributed by atoms with Crippen LogP contribution in [0.2, 0.25) is 0 Å². The number of hydrogen-bond donors (Lipinski definition) is 0. The van der Waals surface area contributed by atoms with E-state index in [1.54, 1.807) is 26.0 Å². The maximum absolute atomic E-state index is 13.4. The first-order chi connectivity index (χ1) is 8.30. The number of aryl methyl sites for hydroxylation is 1. The van der Waals surface area contributed by atoms with Crippen molar-refractivity contribution < 1.29 is 18.5 Å². The van der Waals surface area contributed by atoms with E-state index in [0.717, 1.165) is 0 Å². The van der Waals surface area contributed by atoms with Crippen LogP contribution in [0.5, 0.6) is 0 Å². The van der Waals surface area contributed by atoms with Gasteiger partial charge in [0.2, 0.25) is 4.75 Å². The molecule has 5 heteroatoms. The van der Waals surface area contributed by atoms with Crippen LogP contribution < -0.4 is 0 Å². The smallest absolute Gasteiger partial charge is 0.362 e. The van der Waals surface area contributed by atoms with Crippen LogP contribution in [0.1, 0.15) is 26.3 Å². The predicted octanol–water partition coefficient (Wildman–Crippen LogP) is 2.58. The van der Waals surface area contributed by atoms with Crippen molar-refractivity contribution in [2.24, 2.45) is 0 Å². The summed E-state index contributed by atoms with van der Waals surface area (Å²) in [7, 11) is 0. The molecule has 0 bridgehead atoms. The highest BCUT2D eigenvalue weighted by atomic mass is 32.2. The van der Waals surface area contributed by atoms with E-state index < -0.39 is 27.7 Å². The van der Waals surface area contributed by atoms with Crippen molar-refractivity contribution in [3.8, 4) is 0 Å². The van der Waals surface area contributed by atoms with Crippen LogP contribution >= 0.6 is 0 Å². The molecule has 3 nitrogen and oxygen atoms in total. The highest BCUT2D eigenvalue weighted by Crippen LogP contribution is 2.27. The van der Waals surface area contributed by atoms with Gasteiger partial charge in [0.25, 0.3) is 0 Å². The zero-order chi connectivity index (χ0) is 13.9. The Labute approximate surface area is 110 Å². The largest absolute Gasteiger partial charge is 0.611 e. The fourth-order valence-corrected chi connectivity index (χ4v) is 2.57. The molecule has 0 aliphatic heterocycles. The molecule has 0 spiro atoms. The fraction of sp³-hybridized carbons (Fsp3) is 0.462. The third-order valence-corrected chi connectivity index (χ3v) is 4.36. The molecule has 1 unspecified atom stereocenters. The second-order valence-corrected chi connectivity index (χ2v) is 6.44. The van der Waals surface area contributed by atoms with Crippen LogP contribution in [0.25, 0.3) is 0 Å². The number of halogens is 1. The highest BCUT2D eigenvalue weighted by molar-refractivity contribution is 7.93. The van der Waals surface area contributed by atoms with Gasteiger partial charge in [0, 0.05) is 17.2 Å². The van der Waals surface area contributed by atoms with Crippen LogP contribution in [0.4, 0.5) is 4.39 Å². The van der Waals surface area contributed by atoms with Crippen LogP contribution in [-0.4, -0.2) is 21.9 Å². The lowest BCUT2D eigenvalue weighted by molar-refractivity contribution is -0.145. The predicted molar refractivity (Wildman–Crippen MR) is 68.3 cm³/mol. The lowest BCUT2D eigenvalue weighted by Gasteiger charge is -2.25. The Morgan fingerprint density at radius 1 is 1.50 bits per heavy atom. The molecular formula is C13H17FO3S. The van der Waals surface area contributed by atoms with E-state index in [4.69, 9.17) is 4.74 Å². The Hall–Kier alpha value is -1.07. The maximum atomic E-state index is 13.4. The van der Waals surface area contributed by atoms with E-state index in [1.165, 1.54) is 19.9 Å². The molecule has 0 N–H and O–H groups in total. The molecule has 0 saturated carbocycles. The molecule has 0 saturated heterocycles. The molecule has 1 aromatic rings. The number of carbonyl (C=O) groups is 1. The number of esters is 1. The topological polar surface area (TPSA) is 49.4 Å². The van der Waals surface area contributed by atoms with Gasteiger partial charge in [0.05, 0.1) is 6.61 Å². The number of hydrogen-bond acceptors (Lipinski definition) is 3. The number of rotatable bonds is 4. The minimum Gasteiger partial charge on any atom is -0.611 e. The van der Waals surface area contributed by atoms with Crippen LogP contribution in [0.3, 0.4) is 0 Å². The van der Waals surface area contributed by atoms with Crippen LogP contribution in [0.15, 0.2) is 23.1 Å². The Morgan fingerprint density at radius 3 is 2.61 bits per heavy atom. The summed E-state index contributed by atoms with van der Waals surface area (Å²) in [6.45, 7) is 6.58. The van der Waals surface area contributed by atoms with Gasteiger partial charge < -0.3 is 9.29 Å². The minimum absolute atomic E-state index is 0.224. The maximum Gasteiger partial charge on any atom is 0.362 e. The standard InChI is InChI=1S/C13H17FO3S/c1-5-17-12(15)13(3,4)18(16)10-7-6-9(2)11(14)8-10/h6-8H,5H2,1-4H3. The van der Waals surface area contributed by atoms with Gasteiger partial charge in [0.15, 0.2) is 4.90 Å². The summed E-state index contributed by atoms with van der Waals surface area (Å²) in [5, 5.41) is 0. The van der Waals surface area contributed by atoms with Gasteiger partial charge in [-0.3, -0.25) is 0 Å². The summed E-state index contributed by atoms with van der Waals surface area (Å²) in [6, 6.07) is 4.31. The Morgan fingerprint density at radius 2 is 2.11 bits per heavy atom. The average molecular weight is 272 g/mol. The van der Waals surface area contributed by atoms with Gasteiger partial charge in [-0.2, -0.15) is 0 Å². The second kappa shape index (κ2) is 5.71. The van der Waals surface area contributed by atoms with Crippen LogP contribution in [-0.2, 0) is 20.7 Å². The van der Waals surface area contributed by atoms with Gasteiger partial charge in [-0.05, 0) is 39.3 Å². The van der Waals surface area contributed by atoms with Crippen molar-refractivity contribution in [1.82, 2.24) is 0 Å². The normalized spacial score (nSPS) is 13.2. The van der Waals surface area contributed by atoms with Gasteiger partial charge >= 0.3 is 5.97 Å². The molecule has 0 aromatic heterocycles. The third-order valence-electron chi connectivity index (χ3n) is 2.59. The molecule has 0 aliphatic rings. The molecule has 1 rings (SSSR count). The fourth-order valence-electron chi connectivity index (χ4n) is 1.36. The molecular weight excluding hydrogens is 255 g/mol. The summed E-state index contributed by atoms with van der Waals surface area (Å²) >= 11 is -1.66. The Bertz CT molecular complexity index is 446. The van der Waals surface area contributed by atoms with E-state index >= 15 is 0 Å². The van der Waals surface area contributed by atoms with Crippen LogP contribution in [0, 0.1) is 12.7 Å². The zero-order valence-electron chi connectivity index (χ0n) is 11.0. The molecule has 100 valence electrons. The monoisotopic (exact) mass is 272 g/mol. The first kappa shape index (κ1) is 15.0. The number of carbonyl (C=O) groups excluding carboxylic acids is 1. The molecule has 1 aromatic carbocycles. The van der Waals surface area contributed by atoms with E-state index in [0.29, 0.717) is 5.56 Å². The SMILES string of the molecule is CCOC(=O)C(C)(C)[S+]([O-])c1ccc(C)c(F)c1. The molecule has 18 heavy (non-hydrogen) atoms. The summed E-state index contributed by atoms with van der Waals surface area (Å²) in [5.74, 6) is -0.982. The van der Waals surface area contributed by atoms with Crippen molar-refractivity contribution in [3.05, 3.63) is 29.6 Å². The summed E-state index contributed by atoms with van der Waals surface area (Å²) in [6.07, 6.45) is 0. The molecule has 0 aliphatic carbocycles. The van der Waals surface area contributed by atoms with Gasteiger partial charge in [-0.1, -0.05) is 6.07 Å². The lowest BCUT2D eigenvalue weighted by Crippen LogP contribution is -2.42. The zero-order valence-corrected chi connectivity index (χ0v) is 11.8. The second-order valence-electron chi connectivity index (χ2n) is 4.41. The quantitative estimate of drug-likeness (QED) is 0.625. The molecule has 0 fully saturated rings. The van der Waals surface area contributed by atoms with Crippen molar-refractivity contribution >= 4 is 17.1 Å². The Kier molecular flexibility index (Phi) is 4.76. The molecule has 0 amide bonds. The first-order valence-electron chi connectivity index (χ1n) is 5.66. The number of ether oxygens (including phenoxy) is 1. The summed E-state index contributed by atoms with van der Waals surface area (Å²) < 4.78 is 29.4. The van der Waals surface area contributed by atoms with Crippen molar-refractivity contribution in [2.75, 3.05) is 6.61 Å². The van der Waals surface area contributed by atoms with Crippen molar-refractivity contribution in [3.63, 3.8) is 0 Å². The summed E-state index contributed by atoms with van der Waals surface area (Å²) in [4.78, 5) is 12.0. The van der Waals surface area contributed by atoms with E-state index in [9.17, 15) is 13.7 Å². The van der Waals surface area contributed by atoms with E-state index in [1.807, 2.05) is 0 Å². The van der Waals surface area contributed by atoms with E-state index in [2.05, 4.69) is 0 Å². The van der Waals surface area contributed by atoms with Gasteiger partial charge in [-0.25, -0.2) is 9.18 Å².